The number of hydrogen-bond acceptors (Lipinski definition) is 2. The molecule has 0 spiro atoms. The largest absolute Gasteiger partial charge is 0.310 e. The molecule has 0 unspecified atom stereocenters. The van der Waals surface area contributed by atoms with Gasteiger partial charge < -0.3 is 18.9 Å². The second kappa shape index (κ2) is 16.4. The van der Waals surface area contributed by atoms with Crippen molar-refractivity contribution in [3.63, 3.8) is 0 Å². The minimum atomic E-state index is 1.10. The van der Waals surface area contributed by atoms with Crippen molar-refractivity contribution in [2.45, 2.75) is 27.7 Å². The summed E-state index contributed by atoms with van der Waals surface area (Å²) in [5.74, 6) is 0. The number of anilines is 6. The lowest BCUT2D eigenvalue weighted by Gasteiger charge is -2.26. The fraction of sp³-hybridized carbons (Fsp3) is 0.0606. The molecule has 0 radical (unpaired) electrons. The first-order valence-electron chi connectivity index (χ1n) is 24.2. The Morgan fingerprint density at radius 1 is 0.243 bits per heavy atom. The second-order valence-corrected chi connectivity index (χ2v) is 19.0. The molecule has 0 saturated heterocycles. The maximum Gasteiger partial charge on any atom is 0.0562 e. The van der Waals surface area contributed by atoms with Crippen LogP contribution < -0.4 is 9.80 Å². The summed E-state index contributed by atoms with van der Waals surface area (Å²) in [7, 11) is 0. The molecule has 0 bridgehead atoms. The predicted octanol–water partition coefficient (Wildman–Crippen LogP) is 18.4. The third kappa shape index (κ3) is 6.83. The molecular formula is C66H50N4. The van der Waals surface area contributed by atoms with Crippen LogP contribution in [0.5, 0.6) is 0 Å². The van der Waals surface area contributed by atoms with Crippen molar-refractivity contribution in [2.24, 2.45) is 0 Å². The van der Waals surface area contributed by atoms with E-state index in [-0.39, 0.29) is 0 Å². The van der Waals surface area contributed by atoms with Crippen molar-refractivity contribution in [3.8, 4) is 11.4 Å². The van der Waals surface area contributed by atoms with Crippen LogP contribution >= 0.6 is 0 Å². The van der Waals surface area contributed by atoms with Crippen LogP contribution in [-0.2, 0) is 0 Å². The van der Waals surface area contributed by atoms with E-state index in [1.54, 1.807) is 0 Å². The molecule has 0 fully saturated rings. The molecule has 13 rings (SSSR count). The van der Waals surface area contributed by atoms with Gasteiger partial charge in [-0.15, -0.1) is 0 Å². The summed E-state index contributed by atoms with van der Waals surface area (Å²) in [6.07, 6.45) is 0. The van der Waals surface area contributed by atoms with Crippen LogP contribution in [0.1, 0.15) is 22.3 Å². The molecule has 0 saturated carbocycles. The number of hydrogen-bond donors (Lipinski definition) is 0. The maximum absolute atomic E-state index is 2.52. The molecule has 0 aliphatic heterocycles. The second-order valence-electron chi connectivity index (χ2n) is 19.0. The average Bonchev–Trinajstić information content (AvgIpc) is 3.88. The molecule has 4 nitrogen and oxygen atoms in total. The Bertz CT molecular complexity index is 3760. The molecule has 0 N–H and O–H groups in total. The van der Waals surface area contributed by atoms with E-state index in [0.29, 0.717) is 0 Å². The molecule has 11 aromatic carbocycles. The van der Waals surface area contributed by atoms with Gasteiger partial charge in [-0.25, -0.2) is 0 Å². The van der Waals surface area contributed by atoms with E-state index >= 15 is 0 Å². The normalized spacial score (nSPS) is 11.7. The maximum atomic E-state index is 2.52. The SMILES string of the molecule is Cc1ccc(N(c2ccc(C)cc2)c2ccc3c4cc5c(cc4n(-c4cccc6ccccc46)c3c2)c2ccc(N(c3ccc(C)cc3)c3ccc(C)cc3)cc2n5-c2cccc3ccccc23)cc1. The van der Waals surface area contributed by atoms with Crippen LogP contribution in [0.4, 0.5) is 34.1 Å². The first kappa shape index (κ1) is 41.3. The van der Waals surface area contributed by atoms with E-state index in [2.05, 4.69) is 277 Å². The lowest BCUT2D eigenvalue weighted by atomic mass is 10.1. The lowest BCUT2D eigenvalue weighted by molar-refractivity contribution is 1.19. The fourth-order valence-electron chi connectivity index (χ4n) is 10.8. The van der Waals surface area contributed by atoms with Gasteiger partial charge in [-0.2, -0.15) is 0 Å². The highest BCUT2D eigenvalue weighted by atomic mass is 15.2. The Labute approximate surface area is 408 Å². The molecule has 4 heteroatoms. The van der Waals surface area contributed by atoms with Crippen molar-refractivity contribution in [1.82, 2.24) is 9.13 Å². The third-order valence-corrected chi connectivity index (χ3v) is 14.3. The standard InChI is InChI=1S/C66H50N4/c1-43-19-27-49(28-20-43)67(50-29-21-44(2)22-30-50)53-35-37-57-59-41-66-60(42-65(59)69(63(57)39-53)61-17-9-13-47-11-5-7-15-55(47)61)58-38-36-54(40-64(58)70(66)62-18-10-14-48-12-6-8-16-56(48)62)68(51-31-23-45(3)24-32-51)52-33-25-46(4)26-34-52/h5-42H,1-4H3. The minimum absolute atomic E-state index is 1.10. The summed E-state index contributed by atoms with van der Waals surface area (Å²) in [6.45, 7) is 8.60. The Hall–Kier alpha value is -8.86. The molecule has 0 aliphatic rings. The number of aromatic nitrogens is 2. The Morgan fingerprint density at radius 3 is 0.900 bits per heavy atom. The molecule has 2 aromatic heterocycles. The van der Waals surface area contributed by atoms with Gasteiger partial charge >= 0.3 is 0 Å². The van der Waals surface area contributed by atoms with E-state index in [9.17, 15) is 0 Å². The minimum Gasteiger partial charge on any atom is -0.310 e. The molecular weight excluding hydrogens is 849 g/mol. The van der Waals surface area contributed by atoms with Gasteiger partial charge in [0.1, 0.15) is 0 Å². The number of rotatable bonds is 8. The summed E-state index contributed by atoms with van der Waals surface area (Å²) in [5.41, 5.74) is 18.5. The van der Waals surface area contributed by atoms with Gasteiger partial charge in [-0.1, -0.05) is 156 Å². The van der Waals surface area contributed by atoms with E-state index in [4.69, 9.17) is 0 Å². The topological polar surface area (TPSA) is 16.3 Å². The van der Waals surface area contributed by atoms with Crippen LogP contribution in [0.3, 0.4) is 0 Å². The number of benzene rings is 11. The predicted molar refractivity (Wildman–Crippen MR) is 298 cm³/mol. The smallest absolute Gasteiger partial charge is 0.0562 e. The Morgan fingerprint density at radius 2 is 0.543 bits per heavy atom. The molecule has 0 amide bonds. The summed E-state index contributed by atoms with van der Waals surface area (Å²) in [5, 5.41) is 9.62. The average molecular weight is 899 g/mol. The van der Waals surface area contributed by atoms with Gasteiger partial charge in [-0.05, 0) is 136 Å². The lowest BCUT2D eigenvalue weighted by Crippen LogP contribution is -2.10. The quantitative estimate of drug-likeness (QED) is 0.151. The molecule has 70 heavy (non-hydrogen) atoms. The van der Waals surface area contributed by atoms with Gasteiger partial charge in [0.05, 0.1) is 33.4 Å². The Balaban J connectivity index is 1.13. The fourth-order valence-corrected chi connectivity index (χ4v) is 10.8. The third-order valence-electron chi connectivity index (χ3n) is 14.3. The van der Waals surface area contributed by atoms with Crippen LogP contribution in [0.2, 0.25) is 0 Å². The zero-order valence-corrected chi connectivity index (χ0v) is 39.7. The number of aryl methyl sites for hydroxylation is 4. The Kier molecular flexibility index (Phi) is 9.70. The van der Waals surface area contributed by atoms with E-state index in [0.717, 1.165) is 67.6 Å². The van der Waals surface area contributed by atoms with Gasteiger partial charge in [0.15, 0.2) is 0 Å². The van der Waals surface area contributed by atoms with Gasteiger partial charge in [0.25, 0.3) is 0 Å². The molecule has 13 aromatic rings. The highest BCUT2D eigenvalue weighted by Gasteiger charge is 2.24. The van der Waals surface area contributed by atoms with E-state index < -0.39 is 0 Å². The zero-order valence-electron chi connectivity index (χ0n) is 39.7. The van der Waals surface area contributed by atoms with Crippen LogP contribution in [0, 0.1) is 27.7 Å². The van der Waals surface area contributed by atoms with Crippen molar-refractivity contribution >= 4 is 99.3 Å². The van der Waals surface area contributed by atoms with Gasteiger partial charge in [0, 0.05) is 66.4 Å². The van der Waals surface area contributed by atoms with Gasteiger partial charge in [-0.3, -0.25) is 0 Å². The highest BCUT2D eigenvalue weighted by molar-refractivity contribution is 6.20. The molecule has 2 heterocycles. The number of fused-ring (bicyclic) bond motifs is 8. The molecule has 0 aliphatic carbocycles. The van der Waals surface area contributed by atoms with E-state index in [1.807, 2.05) is 0 Å². The summed E-state index contributed by atoms with van der Waals surface area (Å²) in [4.78, 5) is 4.77. The van der Waals surface area contributed by atoms with E-state index in [1.165, 1.54) is 65.3 Å². The molecule has 0 atom stereocenters. The molecule has 334 valence electrons. The summed E-state index contributed by atoms with van der Waals surface area (Å²) >= 11 is 0. The van der Waals surface area contributed by atoms with Gasteiger partial charge in [0.2, 0.25) is 0 Å². The van der Waals surface area contributed by atoms with Crippen molar-refractivity contribution in [2.75, 3.05) is 9.80 Å². The zero-order chi connectivity index (χ0) is 47.0. The first-order valence-corrected chi connectivity index (χ1v) is 24.2. The summed E-state index contributed by atoms with van der Waals surface area (Å²) in [6, 6.07) is 85.5. The highest BCUT2D eigenvalue weighted by Crippen LogP contribution is 2.46. The van der Waals surface area contributed by atoms with Crippen LogP contribution in [-0.4, -0.2) is 9.13 Å². The monoisotopic (exact) mass is 898 g/mol. The van der Waals surface area contributed by atoms with Crippen molar-refractivity contribution < 1.29 is 0 Å². The van der Waals surface area contributed by atoms with Crippen molar-refractivity contribution in [1.29, 1.82) is 0 Å². The summed E-state index contributed by atoms with van der Waals surface area (Å²) < 4.78 is 5.04. The van der Waals surface area contributed by atoms with Crippen LogP contribution in [0.25, 0.3) is 76.5 Å². The first-order chi connectivity index (χ1) is 34.3. The number of nitrogens with zero attached hydrogens (tertiary/aromatic N) is 4. The van der Waals surface area contributed by atoms with Crippen molar-refractivity contribution in [3.05, 3.63) is 253 Å². The van der Waals surface area contributed by atoms with Crippen LogP contribution in [0.15, 0.2) is 231 Å².